The Balaban J connectivity index is 1.64. The van der Waals surface area contributed by atoms with Crippen LogP contribution in [0, 0.1) is 0 Å². The lowest BCUT2D eigenvalue weighted by atomic mass is 10.0. The number of rotatable bonds is 6. The van der Waals surface area contributed by atoms with Crippen molar-refractivity contribution in [3.63, 3.8) is 0 Å². The van der Waals surface area contributed by atoms with E-state index in [-0.39, 0.29) is 6.04 Å². The van der Waals surface area contributed by atoms with E-state index in [9.17, 15) is 0 Å². The smallest absolute Gasteiger partial charge is 0.142 e. The topological polar surface area (TPSA) is 47.7 Å². The van der Waals surface area contributed by atoms with Gasteiger partial charge in [-0.3, -0.25) is 0 Å². The molecule has 138 valence electrons. The average Bonchev–Trinajstić information content (AvgIpc) is 3.12. The van der Waals surface area contributed by atoms with Crippen LogP contribution in [0.5, 0.6) is 11.5 Å². The van der Waals surface area contributed by atoms with Gasteiger partial charge in [0.25, 0.3) is 0 Å². The van der Waals surface area contributed by atoms with Crippen molar-refractivity contribution in [2.24, 2.45) is 5.73 Å². The molecule has 1 atom stereocenters. The standard InChI is InChI=1S/C23H24N2O2/c1-26-23-12-6-5-11-20(23)25-15-19-18(21(25)14-24)10-7-13-22(19)27-16-17-8-3-2-4-9-17/h2-13,21H,14-16,24H2,1H3. The van der Waals surface area contributed by atoms with Crippen molar-refractivity contribution in [3.05, 3.63) is 89.5 Å². The summed E-state index contributed by atoms with van der Waals surface area (Å²) in [6.45, 7) is 1.84. The fraction of sp³-hybridized carbons (Fsp3) is 0.217. The Kier molecular flexibility index (Phi) is 4.99. The SMILES string of the molecule is COc1ccccc1N1Cc2c(OCc3ccccc3)cccc2C1CN. The van der Waals surface area contributed by atoms with Gasteiger partial charge in [0.1, 0.15) is 18.1 Å². The number of benzene rings is 3. The van der Waals surface area contributed by atoms with E-state index in [2.05, 4.69) is 29.2 Å². The number of hydrogen-bond donors (Lipinski definition) is 1. The maximum Gasteiger partial charge on any atom is 0.142 e. The lowest BCUT2D eigenvalue weighted by Crippen LogP contribution is -2.28. The minimum absolute atomic E-state index is 0.108. The molecule has 1 aliphatic rings. The van der Waals surface area contributed by atoms with E-state index in [0.29, 0.717) is 13.2 Å². The molecule has 3 aromatic carbocycles. The lowest BCUT2D eigenvalue weighted by Gasteiger charge is -2.27. The second kappa shape index (κ2) is 7.72. The number of fused-ring (bicyclic) bond motifs is 1. The van der Waals surface area contributed by atoms with E-state index < -0.39 is 0 Å². The predicted molar refractivity (Wildman–Crippen MR) is 108 cm³/mol. The van der Waals surface area contributed by atoms with E-state index in [1.165, 1.54) is 11.1 Å². The Morgan fingerprint density at radius 1 is 0.926 bits per heavy atom. The van der Waals surface area contributed by atoms with E-state index in [0.717, 1.165) is 29.3 Å². The number of anilines is 1. The summed E-state index contributed by atoms with van der Waals surface area (Å²) in [4.78, 5) is 2.30. The minimum atomic E-state index is 0.108. The molecular weight excluding hydrogens is 336 g/mol. The van der Waals surface area contributed by atoms with Gasteiger partial charge in [-0.2, -0.15) is 0 Å². The first kappa shape index (κ1) is 17.4. The van der Waals surface area contributed by atoms with Gasteiger partial charge in [-0.1, -0.05) is 54.6 Å². The molecule has 0 fully saturated rings. The van der Waals surface area contributed by atoms with Crippen LogP contribution in [0.2, 0.25) is 0 Å². The van der Waals surface area contributed by atoms with Gasteiger partial charge in [0.15, 0.2) is 0 Å². The number of nitrogens with zero attached hydrogens (tertiary/aromatic N) is 1. The largest absolute Gasteiger partial charge is 0.495 e. The third-order valence-corrected chi connectivity index (χ3v) is 5.09. The fourth-order valence-corrected chi connectivity index (χ4v) is 3.76. The molecule has 4 nitrogen and oxygen atoms in total. The first-order chi connectivity index (χ1) is 13.3. The molecule has 1 heterocycles. The Labute approximate surface area is 160 Å². The van der Waals surface area contributed by atoms with Crippen molar-refractivity contribution in [2.75, 3.05) is 18.6 Å². The summed E-state index contributed by atoms with van der Waals surface area (Å²) in [5, 5.41) is 0. The molecule has 0 saturated heterocycles. The summed E-state index contributed by atoms with van der Waals surface area (Å²) in [5.41, 5.74) is 10.8. The van der Waals surface area contributed by atoms with Crippen LogP contribution in [0.4, 0.5) is 5.69 Å². The monoisotopic (exact) mass is 360 g/mol. The van der Waals surface area contributed by atoms with Crippen molar-refractivity contribution in [1.29, 1.82) is 0 Å². The van der Waals surface area contributed by atoms with Gasteiger partial charge in [-0.25, -0.2) is 0 Å². The summed E-state index contributed by atoms with van der Waals surface area (Å²) in [6.07, 6.45) is 0. The number of ether oxygens (including phenoxy) is 2. The third-order valence-electron chi connectivity index (χ3n) is 5.09. The summed E-state index contributed by atoms with van der Waals surface area (Å²) in [5.74, 6) is 1.78. The highest BCUT2D eigenvalue weighted by Crippen LogP contribution is 2.43. The van der Waals surface area contributed by atoms with E-state index in [1.807, 2.05) is 48.5 Å². The molecule has 4 rings (SSSR count). The highest BCUT2D eigenvalue weighted by atomic mass is 16.5. The zero-order chi connectivity index (χ0) is 18.6. The normalized spacial score (nSPS) is 15.5. The number of methoxy groups -OCH3 is 1. The van der Waals surface area contributed by atoms with Crippen LogP contribution < -0.4 is 20.1 Å². The van der Waals surface area contributed by atoms with Crippen molar-refractivity contribution in [2.45, 2.75) is 19.2 Å². The predicted octanol–water partition coefficient (Wildman–Crippen LogP) is 4.29. The molecule has 0 saturated carbocycles. The minimum Gasteiger partial charge on any atom is -0.495 e. The summed E-state index contributed by atoms with van der Waals surface area (Å²) in [7, 11) is 1.70. The number of hydrogen-bond acceptors (Lipinski definition) is 4. The molecule has 0 amide bonds. The third kappa shape index (κ3) is 3.36. The fourth-order valence-electron chi connectivity index (χ4n) is 3.76. The summed E-state index contributed by atoms with van der Waals surface area (Å²) < 4.78 is 11.7. The van der Waals surface area contributed by atoms with Crippen LogP contribution in [0.15, 0.2) is 72.8 Å². The maximum atomic E-state index is 6.17. The molecule has 2 N–H and O–H groups in total. The van der Waals surface area contributed by atoms with Gasteiger partial charge in [0.2, 0.25) is 0 Å². The first-order valence-corrected chi connectivity index (χ1v) is 9.20. The zero-order valence-electron chi connectivity index (χ0n) is 15.5. The lowest BCUT2D eigenvalue weighted by molar-refractivity contribution is 0.303. The molecule has 0 bridgehead atoms. The van der Waals surface area contributed by atoms with Gasteiger partial charge in [0, 0.05) is 18.7 Å². The van der Waals surface area contributed by atoms with Crippen LogP contribution in [0.25, 0.3) is 0 Å². The molecule has 0 aromatic heterocycles. The Morgan fingerprint density at radius 2 is 1.67 bits per heavy atom. The van der Waals surface area contributed by atoms with Crippen LogP contribution in [-0.2, 0) is 13.2 Å². The highest BCUT2D eigenvalue weighted by molar-refractivity contribution is 5.64. The quantitative estimate of drug-likeness (QED) is 0.712. The summed E-state index contributed by atoms with van der Waals surface area (Å²) >= 11 is 0. The molecule has 3 aromatic rings. The molecule has 0 spiro atoms. The van der Waals surface area contributed by atoms with E-state index >= 15 is 0 Å². The van der Waals surface area contributed by atoms with Crippen molar-refractivity contribution >= 4 is 5.69 Å². The van der Waals surface area contributed by atoms with E-state index in [1.54, 1.807) is 7.11 Å². The Bertz CT molecular complexity index is 911. The second-order valence-corrected chi connectivity index (χ2v) is 6.65. The van der Waals surface area contributed by atoms with Gasteiger partial charge in [-0.15, -0.1) is 0 Å². The highest BCUT2D eigenvalue weighted by Gasteiger charge is 2.32. The molecule has 0 radical (unpaired) electrons. The van der Waals surface area contributed by atoms with Crippen molar-refractivity contribution < 1.29 is 9.47 Å². The number of nitrogens with two attached hydrogens (primary N) is 1. The molecular formula is C23H24N2O2. The zero-order valence-corrected chi connectivity index (χ0v) is 15.5. The van der Waals surface area contributed by atoms with Crippen LogP contribution >= 0.6 is 0 Å². The molecule has 27 heavy (non-hydrogen) atoms. The first-order valence-electron chi connectivity index (χ1n) is 9.20. The molecule has 0 aliphatic carbocycles. The van der Waals surface area contributed by atoms with E-state index in [4.69, 9.17) is 15.2 Å². The van der Waals surface area contributed by atoms with Crippen LogP contribution in [0.3, 0.4) is 0 Å². The number of para-hydroxylation sites is 2. The van der Waals surface area contributed by atoms with Gasteiger partial charge in [0.05, 0.1) is 18.8 Å². The molecule has 1 aliphatic heterocycles. The van der Waals surface area contributed by atoms with Crippen molar-refractivity contribution in [3.8, 4) is 11.5 Å². The Hall–Kier alpha value is -2.98. The summed E-state index contributed by atoms with van der Waals surface area (Å²) in [6, 6.07) is 24.7. The Morgan fingerprint density at radius 3 is 2.44 bits per heavy atom. The second-order valence-electron chi connectivity index (χ2n) is 6.65. The molecule has 4 heteroatoms. The van der Waals surface area contributed by atoms with Crippen LogP contribution in [0.1, 0.15) is 22.7 Å². The van der Waals surface area contributed by atoms with Gasteiger partial charge < -0.3 is 20.1 Å². The van der Waals surface area contributed by atoms with Crippen LogP contribution in [-0.4, -0.2) is 13.7 Å². The maximum absolute atomic E-state index is 6.17. The van der Waals surface area contributed by atoms with Crippen molar-refractivity contribution in [1.82, 2.24) is 0 Å². The average molecular weight is 360 g/mol. The molecule has 1 unspecified atom stereocenters. The van der Waals surface area contributed by atoms with Gasteiger partial charge in [-0.05, 0) is 29.3 Å². The van der Waals surface area contributed by atoms with Gasteiger partial charge >= 0.3 is 0 Å².